The molecule has 1 aliphatic rings. The maximum atomic E-state index is 12.0. The van der Waals surface area contributed by atoms with Crippen molar-refractivity contribution in [2.24, 2.45) is 0 Å². The van der Waals surface area contributed by atoms with Crippen molar-refractivity contribution < 1.29 is 4.55 Å². The van der Waals surface area contributed by atoms with Gasteiger partial charge in [0.25, 0.3) is 0 Å². The van der Waals surface area contributed by atoms with E-state index in [1.165, 1.54) is 11.1 Å². The van der Waals surface area contributed by atoms with Gasteiger partial charge in [0.2, 0.25) is 0 Å². The Morgan fingerprint density at radius 2 is 1.95 bits per heavy atom. The zero-order valence-corrected chi connectivity index (χ0v) is 13.7. The van der Waals surface area contributed by atoms with Crippen LogP contribution in [0.15, 0.2) is 53.4 Å². The van der Waals surface area contributed by atoms with E-state index in [4.69, 9.17) is 0 Å². The van der Waals surface area contributed by atoms with Crippen LogP contribution in [-0.4, -0.2) is 24.0 Å². The maximum Gasteiger partial charge on any atom is 0.183 e. The number of rotatable bonds is 6. The van der Waals surface area contributed by atoms with Crippen molar-refractivity contribution in [3.63, 3.8) is 0 Å². The Labute approximate surface area is 135 Å². The van der Waals surface area contributed by atoms with E-state index in [0.29, 0.717) is 5.88 Å². The van der Waals surface area contributed by atoms with E-state index in [0.717, 1.165) is 36.5 Å². The number of anilines is 1. The normalized spacial score (nSPS) is 16.8. The quantitative estimate of drug-likeness (QED) is 0.658. The monoisotopic (exact) mass is 314 g/mol. The fraction of sp³-hybridized carbons (Fsp3) is 0.333. The first kappa shape index (κ1) is 15.4. The number of benzene rings is 2. The molecular formula is C18H22N2OS. The average molecular weight is 314 g/mol. The fourth-order valence-corrected chi connectivity index (χ4v) is 4.14. The highest BCUT2D eigenvalue weighted by Gasteiger charge is 2.28. The number of hydrogen-bond donors (Lipinski definition) is 1. The van der Waals surface area contributed by atoms with Gasteiger partial charge < -0.3 is 14.8 Å². The molecule has 0 bridgehead atoms. The predicted molar refractivity (Wildman–Crippen MR) is 92.6 cm³/mol. The molecule has 2 aromatic carbocycles. The van der Waals surface area contributed by atoms with Gasteiger partial charge in [-0.25, -0.2) is 0 Å². The van der Waals surface area contributed by atoms with Gasteiger partial charge in [-0.15, -0.1) is 0 Å². The van der Waals surface area contributed by atoms with Crippen molar-refractivity contribution in [2.45, 2.75) is 24.3 Å². The van der Waals surface area contributed by atoms with E-state index < -0.39 is 11.2 Å². The third-order valence-electron chi connectivity index (χ3n) is 3.98. The van der Waals surface area contributed by atoms with Crippen molar-refractivity contribution in [2.75, 3.05) is 24.4 Å². The van der Waals surface area contributed by atoms with Crippen molar-refractivity contribution in [1.29, 1.82) is 0 Å². The van der Waals surface area contributed by atoms with Gasteiger partial charge in [-0.3, -0.25) is 0 Å². The molecule has 1 unspecified atom stereocenters. The molecule has 1 N–H and O–H groups in total. The second-order valence-corrected chi connectivity index (χ2v) is 7.13. The molecule has 2 aromatic rings. The Morgan fingerprint density at radius 1 is 1.14 bits per heavy atom. The van der Waals surface area contributed by atoms with E-state index in [2.05, 4.69) is 52.7 Å². The molecule has 3 rings (SSSR count). The molecule has 1 atom stereocenters. The van der Waals surface area contributed by atoms with Crippen LogP contribution in [0, 0.1) is 0 Å². The number of hydrogen-bond acceptors (Lipinski definition) is 3. The molecular weight excluding hydrogens is 292 g/mol. The molecule has 0 spiro atoms. The van der Waals surface area contributed by atoms with Gasteiger partial charge in [0.05, 0.1) is 5.69 Å². The highest BCUT2D eigenvalue weighted by Crippen LogP contribution is 2.33. The van der Waals surface area contributed by atoms with Crippen LogP contribution < -0.4 is 10.2 Å². The molecule has 1 heterocycles. The summed E-state index contributed by atoms with van der Waals surface area (Å²) >= 11 is -0.862. The average Bonchev–Trinajstić information content (AvgIpc) is 2.82. The van der Waals surface area contributed by atoms with Crippen LogP contribution in [0.3, 0.4) is 0 Å². The zero-order valence-electron chi connectivity index (χ0n) is 12.9. The molecule has 0 amide bonds. The lowest BCUT2D eigenvalue weighted by molar-refractivity contribution is 0.598. The summed E-state index contributed by atoms with van der Waals surface area (Å²) < 4.78 is 12.0. The third-order valence-corrected chi connectivity index (χ3v) is 5.42. The van der Waals surface area contributed by atoms with E-state index in [1.807, 2.05) is 13.1 Å². The van der Waals surface area contributed by atoms with Gasteiger partial charge in [0.15, 0.2) is 10.8 Å². The van der Waals surface area contributed by atoms with Gasteiger partial charge in [0, 0.05) is 24.8 Å². The largest absolute Gasteiger partial charge is 0.610 e. The number of fused-ring (bicyclic) bond motifs is 1. The van der Waals surface area contributed by atoms with Crippen molar-refractivity contribution in [1.82, 2.24) is 5.32 Å². The molecule has 0 saturated carbocycles. The minimum Gasteiger partial charge on any atom is -0.610 e. The second-order valence-electron chi connectivity index (χ2n) is 5.74. The van der Waals surface area contributed by atoms with Crippen LogP contribution in [0.5, 0.6) is 0 Å². The topological polar surface area (TPSA) is 38.3 Å². The summed E-state index contributed by atoms with van der Waals surface area (Å²) in [5, 5.41) is 3.47. The van der Waals surface area contributed by atoms with Gasteiger partial charge in [-0.1, -0.05) is 36.4 Å². The number of aryl methyl sites for hydroxylation is 1. The molecule has 0 aromatic heterocycles. The molecule has 4 heteroatoms. The van der Waals surface area contributed by atoms with Gasteiger partial charge >= 0.3 is 0 Å². The highest BCUT2D eigenvalue weighted by atomic mass is 32.2. The van der Waals surface area contributed by atoms with Crippen molar-refractivity contribution in [3.05, 3.63) is 59.7 Å². The van der Waals surface area contributed by atoms with Crippen LogP contribution in [0.4, 0.5) is 5.69 Å². The minimum atomic E-state index is -0.862. The maximum absolute atomic E-state index is 12.0. The Kier molecular flexibility index (Phi) is 5.03. The molecule has 116 valence electrons. The lowest BCUT2D eigenvalue weighted by atomic mass is 10.1. The Morgan fingerprint density at radius 3 is 2.77 bits per heavy atom. The highest BCUT2D eigenvalue weighted by molar-refractivity contribution is 7.92. The van der Waals surface area contributed by atoms with Crippen LogP contribution >= 0.6 is 0 Å². The van der Waals surface area contributed by atoms with Crippen LogP contribution in [0.25, 0.3) is 0 Å². The summed E-state index contributed by atoms with van der Waals surface area (Å²) in [7, 11) is 2.00. The van der Waals surface area contributed by atoms with E-state index in [1.54, 1.807) is 0 Å². The minimum absolute atomic E-state index is 0.622. The summed E-state index contributed by atoms with van der Waals surface area (Å²) in [5.74, 6) is 0.622. The van der Waals surface area contributed by atoms with Crippen molar-refractivity contribution >= 4 is 16.9 Å². The van der Waals surface area contributed by atoms with E-state index in [-0.39, 0.29) is 0 Å². The predicted octanol–water partition coefficient (Wildman–Crippen LogP) is 2.92. The summed E-state index contributed by atoms with van der Waals surface area (Å²) in [6.07, 6.45) is 2.12. The van der Waals surface area contributed by atoms with Crippen molar-refractivity contribution in [3.8, 4) is 0 Å². The zero-order chi connectivity index (χ0) is 15.4. The first-order chi connectivity index (χ1) is 10.7. The summed E-state index contributed by atoms with van der Waals surface area (Å²) in [5.41, 5.74) is 3.71. The summed E-state index contributed by atoms with van der Waals surface area (Å²) in [4.78, 5) is 3.06. The van der Waals surface area contributed by atoms with Crippen LogP contribution in [0.1, 0.15) is 17.5 Å². The Hall–Kier alpha value is -1.49. The molecule has 3 nitrogen and oxygen atoms in total. The number of nitrogens with zero attached hydrogens (tertiary/aromatic N) is 1. The second kappa shape index (κ2) is 7.18. The summed E-state index contributed by atoms with van der Waals surface area (Å²) in [6, 6.07) is 16.8. The fourth-order valence-electron chi connectivity index (χ4n) is 2.77. The molecule has 0 saturated heterocycles. The molecule has 0 radical (unpaired) electrons. The van der Waals surface area contributed by atoms with Crippen LogP contribution in [-0.2, 0) is 24.1 Å². The SMILES string of the molecule is CN1C[S+]([O-])c2cc(CCCNCc3ccccc3)ccc21. The summed E-state index contributed by atoms with van der Waals surface area (Å²) in [6.45, 7) is 1.91. The Bertz CT molecular complexity index is 618. The lowest BCUT2D eigenvalue weighted by Crippen LogP contribution is -2.16. The number of nitrogens with one attached hydrogen (secondary N) is 1. The molecule has 0 fully saturated rings. The van der Waals surface area contributed by atoms with Gasteiger partial charge in [-0.05, 0) is 42.6 Å². The van der Waals surface area contributed by atoms with Gasteiger partial charge in [0.1, 0.15) is 0 Å². The third kappa shape index (κ3) is 3.64. The smallest absolute Gasteiger partial charge is 0.183 e. The first-order valence-electron chi connectivity index (χ1n) is 7.71. The molecule has 0 aliphatic carbocycles. The van der Waals surface area contributed by atoms with E-state index in [9.17, 15) is 4.55 Å². The van der Waals surface area contributed by atoms with E-state index >= 15 is 0 Å². The van der Waals surface area contributed by atoms with Gasteiger partial charge in [-0.2, -0.15) is 0 Å². The standard InChI is InChI=1S/C18H22N2OS/c1-20-14-22(21)18-12-15(9-10-17(18)20)8-5-11-19-13-16-6-3-2-4-7-16/h2-4,6-7,9-10,12,19H,5,8,11,13-14H2,1H3. The Balaban J connectivity index is 1.45. The lowest BCUT2D eigenvalue weighted by Gasteiger charge is -2.08. The first-order valence-corrected chi connectivity index (χ1v) is 9.03. The molecule has 1 aliphatic heterocycles. The molecule has 22 heavy (non-hydrogen) atoms. The van der Waals surface area contributed by atoms with Crippen LogP contribution in [0.2, 0.25) is 0 Å².